The molecular formula is C17H17FO. The van der Waals surface area contributed by atoms with Gasteiger partial charge in [-0.25, -0.2) is 4.39 Å². The molecule has 2 rings (SSSR count). The van der Waals surface area contributed by atoms with Crippen molar-refractivity contribution in [1.29, 1.82) is 0 Å². The van der Waals surface area contributed by atoms with Crippen LogP contribution < -0.4 is 0 Å². The van der Waals surface area contributed by atoms with Crippen molar-refractivity contribution in [3.05, 3.63) is 71.0 Å². The second-order valence-electron chi connectivity index (χ2n) is 4.70. The predicted molar refractivity (Wildman–Crippen MR) is 74.8 cm³/mol. The maximum atomic E-state index is 13.8. The second-order valence-corrected chi connectivity index (χ2v) is 4.70. The van der Waals surface area contributed by atoms with Gasteiger partial charge in [0.25, 0.3) is 0 Å². The minimum absolute atomic E-state index is 0.114. The molecule has 0 aliphatic carbocycles. The highest BCUT2D eigenvalue weighted by molar-refractivity contribution is 5.96. The second kappa shape index (κ2) is 6.28. The van der Waals surface area contributed by atoms with Crippen LogP contribution in [0.1, 0.15) is 34.3 Å². The van der Waals surface area contributed by atoms with Crippen molar-refractivity contribution in [2.24, 2.45) is 0 Å². The summed E-state index contributed by atoms with van der Waals surface area (Å²) in [6, 6.07) is 15.0. The fraction of sp³-hybridized carbons (Fsp3) is 0.235. The van der Waals surface area contributed by atoms with Crippen LogP contribution in [0.15, 0.2) is 48.5 Å². The molecule has 0 aliphatic heterocycles. The molecule has 19 heavy (non-hydrogen) atoms. The first-order chi connectivity index (χ1) is 9.18. The highest BCUT2D eigenvalue weighted by Gasteiger charge is 2.12. The summed E-state index contributed by atoms with van der Waals surface area (Å²) in [6.07, 6.45) is 1.98. The van der Waals surface area contributed by atoms with Crippen molar-refractivity contribution < 1.29 is 9.18 Å². The predicted octanol–water partition coefficient (Wildman–Crippen LogP) is 4.34. The van der Waals surface area contributed by atoms with Gasteiger partial charge in [0.05, 0.1) is 5.56 Å². The number of Topliss-reactive ketones (excluding diaryl/α,β-unsaturated/α-hetero) is 1. The number of carbonyl (C=O) groups is 1. The number of carbonyl (C=O) groups excluding carboxylic acids is 1. The molecule has 0 amide bonds. The van der Waals surface area contributed by atoms with Crippen LogP contribution in [0.5, 0.6) is 0 Å². The summed E-state index contributed by atoms with van der Waals surface area (Å²) in [6.45, 7) is 1.68. The van der Waals surface area contributed by atoms with Crippen LogP contribution in [0.25, 0.3) is 0 Å². The van der Waals surface area contributed by atoms with Gasteiger partial charge in [-0.1, -0.05) is 42.5 Å². The number of aryl methyl sites for hydroxylation is 2. The first-order valence-corrected chi connectivity index (χ1v) is 6.50. The normalized spacial score (nSPS) is 10.4. The van der Waals surface area contributed by atoms with Gasteiger partial charge in [-0.3, -0.25) is 4.79 Å². The lowest BCUT2D eigenvalue weighted by Gasteiger charge is -2.05. The van der Waals surface area contributed by atoms with Gasteiger partial charge in [0.1, 0.15) is 5.82 Å². The molecule has 0 unspecified atom stereocenters. The summed E-state index contributed by atoms with van der Waals surface area (Å²) in [7, 11) is 0. The third-order valence-corrected chi connectivity index (χ3v) is 3.20. The Hall–Kier alpha value is -1.96. The molecule has 0 saturated heterocycles. The number of halogens is 1. The number of benzene rings is 2. The molecular weight excluding hydrogens is 239 g/mol. The largest absolute Gasteiger partial charge is 0.294 e. The summed E-state index contributed by atoms with van der Waals surface area (Å²) in [4.78, 5) is 12.0. The first kappa shape index (κ1) is 13.5. The molecule has 0 fully saturated rings. The molecule has 1 nitrogen and oxygen atoms in total. The first-order valence-electron chi connectivity index (χ1n) is 6.50. The monoisotopic (exact) mass is 256 g/mol. The van der Waals surface area contributed by atoms with Crippen LogP contribution in [-0.2, 0) is 6.42 Å². The molecule has 98 valence electrons. The van der Waals surface area contributed by atoms with E-state index >= 15 is 0 Å². The topological polar surface area (TPSA) is 17.1 Å². The zero-order chi connectivity index (χ0) is 13.7. The van der Waals surface area contributed by atoms with Crippen LogP contribution in [0.4, 0.5) is 4.39 Å². The number of hydrogen-bond donors (Lipinski definition) is 0. The van der Waals surface area contributed by atoms with Crippen molar-refractivity contribution in [2.45, 2.75) is 26.2 Å². The standard InChI is InChI=1S/C17H17FO/c1-13-7-5-11-15(17(13)18)16(19)12-6-10-14-8-3-2-4-9-14/h2-5,7-9,11H,6,10,12H2,1H3. The average Bonchev–Trinajstić information content (AvgIpc) is 2.43. The van der Waals surface area contributed by atoms with E-state index in [1.54, 1.807) is 25.1 Å². The highest BCUT2D eigenvalue weighted by atomic mass is 19.1. The van der Waals surface area contributed by atoms with E-state index in [1.807, 2.05) is 30.3 Å². The van der Waals surface area contributed by atoms with Crippen LogP contribution in [0.2, 0.25) is 0 Å². The quantitative estimate of drug-likeness (QED) is 0.727. The Kier molecular flexibility index (Phi) is 4.45. The average molecular weight is 256 g/mol. The third-order valence-electron chi connectivity index (χ3n) is 3.20. The molecule has 0 atom stereocenters. The zero-order valence-corrected chi connectivity index (χ0v) is 11.0. The van der Waals surface area contributed by atoms with E-state index in [1.165, 1.54) is 5.56 Å². The van der Waals surface area contributed by atoms with Crippen molar-refractivity contribution >= 4 is 5.78 Å². The smallest absolute Gasteiger partial charge is 0.165 e. The van der Waals surface area contributed by atoms with E-state index in [9.17, 15) is 9.18 Å². The molecule has 0 aliphatic rings. The molecule has 0 saturated carbocycles. The van der Waals surface area contributed by atoms with Crippen molar-refractivity contribution in [3.63, 3.8) is 0 Å². The van der Waals surface area contributed by atoms with Crippen molar-refractivity contribution in [3.8, 4) is 0 Å². The van der Waals surface area contributed by atoms with Crippen molar-refractivity contribution in [1.82, 2.24) is 0 Å². The Morgan fingerprint density at radius 3 is 2.53 bits per heavy atom. The molecule has 2 heteroatoms. The fourth-order valence-corrected chi connectivity index (χ4v) is 2.10. The molecule has 0 spiro atoms. The van der Waals surface area contributed by atoms with Gasteiger partial charge in [0.15, 0.2) is 5.78 Å². The molecule has 2 aromatic carbocycles. The molecule has 0 radical (unpaired) electrons. The lowest BCUT2D eigenvalue weighted by molar-refractivity contribution is 0.0976. The molecule has 0 bridgehead atoms. The number of rotatable bonds is 5. The van der Waals surface area contributed by atoms with E-state index in [2.05, 4.69) is 0 Å². The number of hydrogen-bond acceptors (Lipinski definition) is 1. The third kappa shape index (κ3) is 3.50. The van der Waals surface area contributed by atoms with Gasteiger partial charge in [-0.2, -0.15) is 0 Å². The van der Waals surface area contributed by atoms with Crippen LogP contribution in [0.3, 0.4) is 0 Å². The van der Waals surface area contributed by atoms with Crippen LogP contribution in [-0.4, -0.2) is 5.78 Å². The minimum Gasteiger partial charge on any atom is -0.294 e. The van der Waals surface area contributed by atoms with Crippen LogP contribution in [0, 0.1) is 12.7 Å². The lowest BCUT2D eigenvalue weighted by atomic mass is 10.0. The van der Waals surface area contributed by atoms with Gasteiger partial charge >= 0.3 is 0 Å². The summed E-state index contributed by atoms with van der Waals surface area (Å²) >= 11 is 0. The SMILES string of the molecule is Cc1cccc(C(=O)CCCc2ccccc2)c1F. The van der Waals surface area contributed by atoms with E-state index in [4.69, 9.17) is 0 Å². The van der Waals surface area contributed by atoms with Gasteiger partial charge in [-0.15, -0.1) is 0 Å². The Balaban J connectivity index is 1.93. The summed E-state index contributed by atoms with van der Waals surface area (Å²) in [5.74, 6) is -0.496. The van der Waals surface area contributed by atoms with Gasteiger partial charge in [-0.05, 0) is 37.0 Å². The maximum absolute atomic E-state index is 13.8. The van der Waals surface area contributed by atoms with Gasteiger partial charge < -0.3 is 0 Å². The van der Waals surface area contributed by atoms with Crippen molar-refractivity contribution in [2.75, 3.05) is 0 Å². The molecule has 0 N–H and O–H groups in total. The molecule has 0 aromatic heterocycles. The van der Waals surface area contributed by atoms with Gasteiger partial charge in [0.2, 0.25) is 0 Å². The van der Waals surface area contributed by atoms with E-state index < -0.39 is 0 Å². The molecule has 0 heterocycles. The number of ketones is 1. The maximum Gasteiger partial charge on any atom is 0.165 e. The Labute approximate surface area is 113 Å². The highest BCUT2D eigenvalue weighted by Crippen LogP contribution is 2.15. The zero-order valence-electron chi connectivity index (χ0n) is 11.0. The summed E-state index contributed by atoms with van der Waals surface area (Å²) < 4.78 is 13.8. The summed E-state index contributed by atoms with van der Waals surface area (Å²) in [5, 5.41) is 0. The van der Waals surface area contributed by atoms with E-state index in [-0.39, 0.29) is 17.2 Å². The van der Waals surface area contributed by atoms with Gasteiger partial charge in [0, 0.05) is 6.42 Å². The minimum atomic E-state index is -0.382. The Bertz CT molecular complexity index is 561. The fourth-order valence-electron chi connectivity index (χ4n) is 2.10. The summed E-state index contributed by atoms with van der Waals surface area (Å²) in [5.41, 5.74) is 1.95. The van der Waals surface area contributed by atoms with E-state index in [0.29, 0.717) is 12.0 Å². The van der Waals surface area contributed by atoms with Crippen LogP contribution >= 0.6 is 0 Å². The van der Waals surface area contributed by atoms with E-state index in [0.717, 1.165) is 12.8 Å². The Morgan fingerprint density at radius 1 is 1.05 bits per heavy atom. The molecule has 2 aromatic rings. The Morgan fingerprint density at radius 2 is 1.79 bits per heavy atom. The lowest BCUT2D eigenvalue weighted by Crippen LogP contribution is -2.04.